The van der Waals surface area contributed by atoms with Gasteiger partial charge in [-0.1, -0.05) is 0 Å². The van der Waals surface area contributed by atoms with Crippen LogP contribution in [0.2, 0.25) is 0 Å². The van der Waals surface area contributed by atoms with Gasteiger partial charge >= 0.3 is 0 Å². The molecule has 5 atom stereocenters. The number of fused-ring (bicyclic) bond motifs is 4. The number of morpholine rings is 3. The summed E-state index contributed by atoms with van der Waals surface area (Å²) in [5, 5.41) is 0. The smallest absolute Gasteiger partial charge is 0.0707 e. The fourth-order valence-corrected chi connectivity index (χ4v) is 4.46. The Labute approximate surface area is 159 Å². The van der Waals surface area contributed by atoms with Crippen molar-refractivity contribution in [3.05, 3.63) is 0 Å². The highest BCUT2D eigenvalue weighted by Gasteiger charge is 2.34. The first kappa shape index (κ1) is 20.5. The van der Waals surface area contributed by atoms with E-state index in [2.05, 4.69) is 42.8 Å². The van der Waals surface area contributed by atoms with Gasteiger partial charge in [0, 0.05) is 37.8 Å². The van der Waals surface area contributed by atoms with Gasteiger partial charge in [-0.2, -0.15) is 0 Å². The van der Waals surface area contributed by atoms with Crippen LogP contribution in [-0.2, 0) is 14.2 Å². The van der Waals surface area contributed by atoms with Crippen LogP contribution in [0.5, 0.6) is 0 Å². The molecule has 0 radical (unpaired) electrons. The van der Waals surface area contributed by atoms with Crippen molar-refractivity contribution in [3.8, 4) is 0 Å². The van der Waals surface area contributed by atoms with Gasteiger partial charge in [0.2, 0.25) is 0 Å². The molecule has 0 spiro atoms. The molecule has 5 heterocycles. The minimum atomic E-state index is 0.564. The SMILES string of the molecule is CN1C2CCC1COC2.CN1CC2CCC(C1)O2.C[C@H]1COCCN1C. The summed E-state index contributed by atoms with van der Waals surface area (Å²) in [5.74, 6) is 0. The number of rotatable bonds is 0. The minimum absolute atomic E-state index is 0.564. The molecule has 6 heteroatoms. The standard InChI is InChI=1S/2C7H13NO.C6H13NO/c1-8-6-2-3-7(8)5-9-4-6;1-8-4-6-2-3-7(5-8)9-6;1-6-5-8-4-3-7(6)2/h2*6-7H,2-5H2,1H3;6H,3-5H2,1-2H3/t;;6-/m..0/s1. The summed E-state index contributed by atoms with van der Waals surface area (Å²) in [6, 6.07) is 2.09. The Hall–Kier alpha value is -0.240. The average Bonchev–Trinajstić information content (AvgIpc) is 3.03. The highest BCUT2D eigenvalue weighted by molar-refractivity contribution is 4.88. The third kappa shape index (κ3) is 5.63. The lowest BCUT2D eigenvalue weighted by Gasteiger charge is -2.30. The van der Waals surface area contributed by atoms with Crippen LogP contribution in [-0.4, -0.2) is 112 Å². The predicted molar refractivity (Wildman–Crippen MR) is 104 cm³/mol. The molecule has 6 nitrogen and oxygen atoms in total. The molecule has 0 N–H and O–H groups in total. The Morgan fingerprint density at radius 2 is 1.38 bits per heavy atom. The van der Waals surface area contributed by atoms with Gasteiger partial charge in [0.25, 0.3) is 0 Å². The quantitative estimate of drug-likeness (QED) is 0.641. The maximum absolute atomic E-state index is 5.63. The summed E-state index contributed by atoms with van der Waals surface area (Å²) in [7, 11) is 6.52. The van der Waals surface area contributed by atoms with Crippen molar-refractivity contribution >= 4 is 0 Å². The number of ether oxygens (including phenoxy) is 3. The number of hydrogen-bond acceptors (Lipinski definition) is 6. The fourth-order valence-electron chi connectivity index (χ4n) is 4.46. The van der Waals surface area contributed by atoms with E-state index in [1.54, 1.807) is 0 Å². The van der Waals surface area contributed by atoms with Crippen LogP contribution in [0, 0.1) is 0 Å². The number of likely N-dealkylation sites (tertiary alicyclic amines) is 1. The molecule has 0 aromatic carbocycles. The zero-order valence-electron chi connectivity index (χ0n) is 17.2. The van der Waals surface area contributed by atoms with Crippen molar-refractivity contribution < 1.29 is 14.2 Å². The molecule has 5 fully saturated rings. The highest BCUT2D eigenvalue weighted by Crippen LogP contribution is 2.26. The van der Waals surface area contributed by atoms with E-state index in [4.69, 9.17) is 14.2 Å². The lowest BCUT2D eigenvalue weighted by Crippen LogP contribution is -2.42. The van der Waals surface area contributed by atoms with Crippen molar-refractivity contribution in [2.45, 2.75) is 62.9 Å². The predicted octanol–water partition coefficient (Wildman–Crippen LogP) is 1.30. The first-order valence-corrected chi connectivity index (χ1v) is 10.4. The van der Waals surface area contributed by atoms with Crippen molar-refractivity contribution in [3.63, 3.8) is 0 Å². The number of likely N-dealkylation sites (N-methyl/N-ethyl adjacent to an activating group) is 3. The van der Waals surface area contributed by atoms with Crippen LogP contribution >= 0.6 is 0 Å². The van der Waals surface area contributed by atoms with E-state index in [1.165, 1.54) is 25.7 Å². The fraction of sp³-hybridized carbons (Fsp3) is 1.00. The van der Waals surface area contributed by atoms with Gasteiger partial charge in [0.05, 0.1) is 38.6 Å². The molecule has 152 valence electrons. The van der Waals surface area contributed by atoms with E-state index < -0.39 is 0 Å². The van der Waals surface area contributed by atoms with Gasteiger partial charge in [-0.25, -0.2) is 0 Å². The number of nitrogens with zero attached hydrogens (tertiary/aromatic N) is 3. The molecular formula is C20H39N3O3. The molecule has 5 aliphatic heterocycles. The van der Waals surface area contributed by atoms with Gasteiger partial charge in [0.1, 0.15) is 0 Å². The van der Waals surface area contributed by atoms with Crippen LogP contribution in [0.1, 0.15) is 32.6 Å². The molecule has 26 heavy (non-hydrogen) atoms. The van der Waals surface area contributed by atoms with E-state index >= 15 is 0 Å². The second-order valence-corrected chi connectivity index (χ2v) is 8.67. The zero-order valence-corrected chi connectivity index (χ0v) is 17.2. The first-order valence-electron chi connectivity index (χ1n) is 10.4. The Balaban J connectivity index is 0.000000113. The zero-order chi connectivity index (χ0) is 18.5. The van der Waals surface area contributed by atoms with E-state index in [0.717, 1.165) is 58.1 Å². The number of hydrogen-bond donors (Lipinski definition) is 0. The van der Waals surface area contributed by atoms with Crippen LogP contribution in [0.4, 0.5) is 0 Å². The van der Waals surface area contributed by atoms with Gasteiger partial charge in [-0.3, -0.25) is 9.80 Å². The van der Waals surface area contributed by atoms with E-state index in [1.807, 2.05) is 0 Å². The summed E-state index contributed by atoms with van der Waals surface area (Å²) in [5.41, 5.74) is 0. The molecule has 5 rings (SSSR count). The third-order valence-corrected chi connectivity index (χ3v) is 6.53. The molecular weight excluding hydrogens is 330 g/mol. The molecule has 0 aromatic heterocycles. The Kier molecular flexibility index (Phi) is 7.73. The Morgan fingerprint density at radius 1 is 0.769 bits per heavy atom. The van der Waals surface area contributed by atoms with Crippen molar-refractivity contribution in [1.82, 2.24) is 14.7 Å². The molecule has 0 aliphatic carbocycles. The van der Waals surface area contributed by atoms with Crippen LogP contribution in [0.15, 0.2) is 0 Å². The molecule has 5 saturated heterocycles. The lowest BCUT2D eigenvalue weighted by atomic mass is 10.2. The normalized spacial score (nSPS) is 40.4. The molecule has 4 bridgehead atoms. The second kappa shape index (κ2) is 9.80. The topological polar surface area (TPSA) is 37.4 Å². The van der Waals surface area contributed by atoms with E-state index in [9.17, 15) is 0 Å². The summed E-state index contributed by atoms with van der Waals surface area (Å²) in [4.78, 5) is 7.14. The third-order valence-electron chi connectivity index (χ3n) is 6.53. The van der Waals surface area contributed by atoms with Crippen LogP contribution in [0.25, 0.3) is 0 Å². The molecule has 0 aromatic rings. The summed E-state index contributed by atoms with van der Waals surface area (Å²) >= 11 is 0. The average molecular weight is 370 g/mol. The van der Waals surface area contributed by atoms with Crippen molar-refractivity contribution in [2.24, 2.45) is 0 Å². The first-order chi connectivity index (χ1) is 12.5. The summed E-state index contributed by atoms with van der Waals surface area (Å²) < 4.78 is 16.2. The molecule has 0 amide bonds. The highest BCUT2D eigenvalue weighted by atomic mass is 16.5. The summed E-state index contributed by atoms with van der Waals surface area (Å²) in [6.45, 7) is 9.30. The van der Waals surface area contributed by atoms with Gasteiger partial charge in [-0.15, -0.1) is 0 Å². The second-order valence-electron chi connectivity index (χ2n) is 8.67. The Morgan fingerprint density at radius 3 is 1.85 bits per heavy atom. The monoisotopic (exact) mass is 369 g/mol. The van der Waals surface area contributed by atoms with Crippen molar-refractivity contribution in [2.75, 3.05) is 67.2 Å². The van der Waals surface area contributed by atoms with Crippen LogP contribution < -0.4 is 0 Å². The lowest BCUT2D eigenvalue weighted by molar-refractivity contribution is -0.0293. The van der Waals surface area contributed by atoms with Crippen molar-refractivity contribution in [1.29, 1.82) is 0 Å². The summed E-state index contributed by atoms with van der Waals surface area (Å²) in [6.07, 6.45) is 6.40. The van der Waals surface area contributed by atoms with Gasteiger partial charge in [-0.05, 0) is 53.8 Å². The molecule has 4 unspecified atom stereocenters. The van der Waals surface area contributed by atoms with Crippen LogP contribution in [0.3, 0.4) is 0 Å². The van der Waals surface area contributed by atoms with Gasteiger partial charge < -0.3 is 19.1 Å². The Bertz CT molecular complexity index is 387. The largest absolute Gasteiger partial charge is 0.379 e. The maximum atomic E-state index is 5.63. The van der Waals surface area contributed by atoms with E-state index in [0.29, 0.717) is 18.2 Å². The maximum Gasteiger partial charge on any atom is 0.0707 e. The molecule has 0 saturated carbocycles. The van der Waals surface area contributed by atoms with Gasteiger partial charge in [0.15, 0.2) is 0 Å². The minimum Gasteiger partial charge on any atom is -0.379 e. The molecule has 5 aliphatic rings. The van der Waals surface area contributed by atoms with E-state index in [-0.39, 0.29) is 0 Å².